The molecule has 6 heteroatoms. The van der Waals surface area contributed by atoms with Crippen LogP contribution in [0.15, 0.2) is 47.4 Å². The van der Waals surface area contributed by atoms with Gasteiger partial charge in [0.1, 0.15) is 5.75 Å². The highest BCUT2D eigenvalue weighted by Crippen LogP contribution is 2.26. The molecule has 1 atom stereocenters. The molecule has 0 bridgehead atoms. The molecule has 0 spiro atoms. The summed E-state index contributed by atoms with van der Waals surface area (Å²) in [7, 11) is -2.09. The lowest BCUT2D eigenvalue weighted by Gasteiger charge is -2.24. The third-order valence-corrected chi connectivity index (χ3v) is 5.70. The van der Waals surface area contributed by atoms with Gasteiger partial charge >= 0.3 is 0 Å². The van der Waals surface area contributed by atoms with Gasteiger partial charge < -0.3 is 4.74 Å². The van der Waals surface area contributed by atoms with Gasteiger partial charge in [-0.1, -0.05) is 17.7 Å². The van der Waals surface area contributed by atoms with Crippen molar-refractivity contribution in [3.8, 4) is 5.75 Å². The summed E-state index contributed by atoms with van der Waals surface area (Å²) in [6, 6.07) is 11.5. The Hall–Kier alpha value is -2.18. The summed E-state index contributed by atoms with van der Waals surface area (Å²) in [6.45, 7) is 1.90. The molecule has 24 heavy (non-hydrogen) atoms. The number of benzene rings is 2. The summed E-state index contributed by atoms with van der Waals surface area (Å²) in [5.74, 6) is 0.596. The molecule has 0 saturated heterocycles. The van der Waals surface area contributed by atoms with Crippen LogP contribution >= 0.6 is 0 Å². The Labute approximate surface area is 141 Å². The number of methoxy groups -OCH3 is 1. The minimum atomic E-state index is -3.65. The van der Waals surface area contributed by atoms with E-state index in [4.69, 9.17) is 4.74 Å². The fraction of sp³-hybridized carbons (Fsp3) is 0.278. The lowest BCUT2D eigenvalue weighted by molar-refractivity contribution is 0.0963. The Morgan fingerprint density at radius 2 is 1.79 bits per heavy atom. The van der Waals surface area contributed by atoms with Crippen molar-refractivity contribution in [3.05, 3.63) is 59.2 Å². The highest BCUT2D eigenvalue weighted by molar-refractivity contribution is 7.89. The molecule has 5 nitrogen and oxygen atoms in total. The Morgan fingerprint density at radius 1 is 1.08 bits per heavy atom. The summed E-state index contributed by atoms with van der Waals surface area (Å²) in [5, 5.41) is 0. The van der Waals surface area contributed by atoms with E-state index in [0.717, 1.165) is 11.1 Å². The van der Waals surface area contributed by atoms with Gasteiger partial charge in [0, 0.05) is 18.0 Å². The number of fused-ring (bicyclic) bond motifs is 1. The minimum Gasteiger partial charge on any atom is -0.497 e. The largest absolute Gasteiger partial charge is 0.497 e. The highest BCUT2D eigenvalue weighted by Gasteiger charge is 2.29. The van der Waals surface area contributed by atoms with Crippen LogP contribution in [0.25, 0.3) is 0 Å². The Morgan fingerprint density at radius 3 is 2.46 bits per heavy atom. The van der Waals surface area contributed by atoms with E-state index in [1.807, 2.05) is 6.92 Å². The van der Waals surface area contributed by atoms with Crippen molar-refractivity contribution in [1.82, 2.24) is 4.72 Å². The predicted molar refractivity (Wildman–Crippen MR) is 90.9 cm³/mol. The number of ether oxygens (including phenoxy) is 1. The molecule has 1 N–H and O–H groups in total. The number of aryl methyl sites for hydroxylation is 1. The first-order chi connectivity index (χ1) is 11.4. The summed E-state index contributed by atoms with van der Waals surface area (Å²) in [4.78, 5) is 12.5. The second-order valence-electron chi connectivity index (χ2n) is 5.99. The first-order valence-corrected chi connectivity index (χ1v) is 9.16. The van der Waals surface area contributed by atoms with E-state index in [9.17, 15) is 13.2 Å². The highest BCUT2D eigenvalue weighted by atomic mass is 32.2. The van der Waals surface area contributed by atoms with Gasteiger partial charge in [-0.25, -0.2) is 13.1 Å². The zero-order valence-corrected chi connectivity index (χ0v) is 14.4. The van der Waals surface area contributed by atoms with E-state index in [0.29, 0.717) is 17.7 Å². The molecule has 2 aromatic carbocycles. The van der Waals surface area contributed by atoms with Crippen LogP contribution in [0, 0.1) is 6.92 Å². The van der Waals surface area contributed by atoms with E-state index < -0.39 is 16.1 Å². The quantitative estimate of drug-likeness (QED) is 0.924. The molecule has 0 unspecified atom stereocenters. The summed E-state index contributed by atoms with van der Waals surface area (Å²) >= 11 is 0. The van der Waals surface area contributed by atoms with Gasteiger partial charge in [-0.15, -0.1) is 0 Å². The summed E-state index contributed by atoms with van der Waals surface area (Å²) < 4.78 is 32.8. The van der Waals surface area contributed by atoms with Crippen molar-refractivity contribution < 1.29 is 17.9 Å². The zero-order chi connectivity index (χ0) is 17.3. The lowest BCUT2D eigenvalue weighted by atomic mass is 9.87. The number of rotatable bonds is 4. The molecule has 0 heterocycles. The average molecular weight is 345 g/mol. The van der Waals surface area contributed by atoms with Gasteiger partial charge in [0.15, 0.2) is 5.78 Å². The lowest BCUT2D eigenvalue weighted by Crippen LogP contribution is -2.40. The van der Waals surface area contributed by atoms with Gasteiger partial charge in [-0.2, -0.15) is 0 Å². The molecule has 0 aromatic heterocycles. The van der Waals surface area contributed by atoms with E-state index >= 15 is 0 Å². The number of ketones is 1. The van der Waals surface area contributed by atoms with E-state index in [1.165, 1.54) is 0 Å². The summed E-state index contributed by atoms with van der Waals surface area (Å²) in [5.41, 5.74) is 2.44. The molecule has 0 aliphatic heterocycles. The van der Waals surface area contributed by atoms with Crippen molar-refractivity contribution in [2.75, 3.05) is 7.11 Å². The predicted octanol–water partition coefficient (Wildman–Crippen LogP) is 2.48. The first kappa shape index (κ1) is 16.7. The number of hydrogen-bond donors (Lipinski definition) is 1. The molecule has 0 radical (unpaired) electrons. The van der Waals surface area contributed by atoms with Gasteiger partial charge in [0.05, 0.1) is 12.0 Å². The maximum Gasteiger partial charge on any atom is 0.240 e. The maximum absolute atomic E-state index is 12.5. The second-order valence-corrected chi connectivity index (χ2v) is 7.70. The molecular formula is C18H19NO4S. The zero-order valence-electron chi connectivity index (χ0n) is 13.6. The third-order valence-electron chi connectivity index (χ3n) is 4.16. The SMILES string of the molecule is COc1ccc2c(c1)C[C@@H](NS(=O)(=O)c1ccc(C)cc1)CC2=O. The van der Waals surface area contributed by atoms with Gasteiger partial charge in [0.2, 0.25) is 10.0 Å². The van der Waals surface area contributed by atoms with Gasteiger partial charge in [-0.05, 0) is 49.2 Å². The van der Waals surface area contributed by atoms with Gasteiger partial charge in [-0.3, -0.25) is 4.79 Å². The molecule has 0 fully saturated rings. The molecule has 0 saturated carbocycles. The van der Waals surface area contributed by atoms with Crippen molar-refractivity contribution in [2.45, 2.75) is 30.7 Å². The molecule has 1 aliphatic carbocycles. The van der Waals surface area contributed by atoms with Crippen molar-refractivity contribution in [2.24, 2.45) is 0 Å². The molecule has 1 aliphatic rings. The van der Waals surface area contributed by atoms with E-state index in [-0.39, 0.29) is 17.1 Å². The number of hydrogen-bond acceptors (Lipinski definition) is 4. The molecule has 2 aromatic rings. The molecule has 126 valence electrons. The average Bonchev–Trinajstić information content (AvgIpc) is 2.54. The topological polar surface area (TPSA) is 72.5 Å². The van der Waals surface area contributed by atoms with Crippen LogP contribution in [-0.2, 0) is 16.4 Å². The fourth-order valence-electron chi connectivity index (χ4n) is 2.90. The van der Waals surface area contributed by atoms with Gasteiger partial charge in [0.25, 0.3) is 0 Å². The number of sulfonamides is 1. The summed E-state index contributed by atoms with van der Waals surface area (Å²) in [6.07, 6.45) is 0.619. The van der Waals surface area contributed by atoms with E-state index in [1.54, 1.807) is 49.6 Å². The van der Waals surface area contributed by atoms with Crippen molar-refractivity contribution >= 4 is 15.8 Å². The molecule has 3 rings (SSSR count). The van der Waals surface area contributed by atoms with Crippen LogP contribution in [0.1, 0.15) is 27.9 Å². The number of nitrogens with one attached hydrogen (secondary N) is 1. The molecule has 0 amide bonds. The smallest absolute Gasteiger partial charge is 0.240 e. The Bertz CT molecular complexity index is 872. The standard InChI is InChI=1S/C18H19NO4S/c1-12-3-6-16(7-4-12)24(21,22)19-14-9-13-10-15(23-2)5-8-17(13)18(20)11-14/h3-8,10,14,19H,9,11H2,1-2H3/t14-/m1/s1. The van der Waals surface area contributed by atoms with Crippen LogP contribution in [0.3, 0.4) is 0 Å². The maximum atomic E-state index is 12.5. The number of carbonyl (C=O) groups excluding carboxylic acids is 1. The van der Waals surface area contributed by atoms with Crippen LogP contribution in [0.2, 0.25) is 0 Å². The van der Waals surface area contributed by atoms with Crippen molar-refractivity contribution in [3.63, 3.8) is 0 Å². The minimum absolute atomic E-state index is 0.0597. The number of carbonyl (C=O) groups is 1. The molecular weight excluding hydrogens is 326 g/mol. The monoisotopic (exact) mass is 345 g/mol. The fourth-order valence-corrected chi connectivity index (χ4v) is 4.13. The first-order valence-electron chi connectivity index (χ1n) is 7.68. The number of Topliss-reactive ketones (excluding diaryl/α,β-unsaturated/α-hetero) is 1. The van der Waals surface area contributed by atoms with E-state index in [2.05, 4.69) is 4.72 Å². The van der Waals surface area contributed by atoms with Crippen LogP contribution in [-0.4, -0.2) is 27.4 Å². The third kappa shape index (κ3) is 3.34. The normalized spacial score (nSPS) is 17.4. The second kappa shape index (κ2) is 6.37. The van der Waals surface area contributed by atoms with Crippen LogP contribution in [0.5, 0.6) is 5.75 Å². The van der Waals surface area contributed by atoms with Crippen LogP contribution < -0.4 is 9.46 Å². The van der Waals surface area contributed by atoms with Crippen molar-refractivity contribution in [1.29, 1.82) is 0 Å². The Kier molecular flexibility index (Phi) is 4.43. The van der Waals surface area contributed by atoms with Crippen LogP contribution in [0.4, 0.5) is 0 Å². The Balaban J connectivity index is 1.83.